The van der Waals surface area contributed by atoms with Crippen molar-refractivity contribution in [1.82, 2.24) is 0 Å². The number of fused-ring (bicyclic) bond motifs is 1. The smallest absolute Gasteiger partial charge is 0.336 e. The van der Waals surface area contributed by atoms with E-state index < -0.39 is 25.8 Å². The van der Waals surface area contributed by atoms with E-state index in [4.69, 9.17) is 13.9 Å². The molecule has 0 aromatic heterocycles. The minimum absolute atomic E-state index is 0.0118. The van der Waals surface area contributed by atoms with Crippen molar-refractivity contribution in [1.29, 1.82) is 0 Å². The summed E-state index contributed by atoms with van der Waals surface area (Å²) < 4.78 is 18.8. The van der Waals surface area contributed by atoms with Gasteiger partial charge in [-0.15, -0.1) is 0 Å². The van der Waals surface area contributed by atoms with Gasteiger partial charge in [-0.25, -0.2) is 4.79 Å². The second kappa shape index (κ2) is 12.7. The highest BCUT2D eigenvalue weighted by Crippen LogP contribution is 2.62. The number of aliphatic hydroxyl groups is 1. The van der Waals surface area contributed by atoms with Gasteiger partial charge in [-0.2, -0.15) is 0 Å². The van der Waals surface area contributed by atoms with Gasteiger partial charge in [0.1, 0.15) is 18.8 Å². The lowest BCUT2D eigenvalue weighted by atomic mass is 9.46. The first-order valence-electron chi connectivity index (χ1n) is 16.4. The Kier molecular flexibility index (Phi) is 9.38. The number of ether oxygens (including phenoxy) is 2. The van der Waals surface area contributed by atoms with Crippen LogP contribution in [-0.2, 0) is 23.5 Å². The molecule has 0 radical (unpaired) electrons. The van der Waals surface area contributed by atoms with Crippen molar-refractivity contribution < 1.29 is 28.6 Å². The van der Waals surface area contributed by atoms with Gasteiger partial charge in [-0.3, -0.25) is 4.79 Å². The van der Waals surface area contributed by atoms with Crippen molar-refractivity contribution >= 4 is 30.6 Å². The Morgan fingerprint density at radius 3 is 2.18 bits per heavy atom. The van der Waals surface area contributed by atoms with Gasteiger partial charge in [0.05, 0.1) is 5.57 Å². The lowest BCUT2D eigenvalue weighted by Crippen LogP contribution is -2.68. The molecule has 1 N–H and O–H groups in total. The van der Waals surface area contributed by atoms with Crippen molar-refractivity contribution in [3.05, 3.63) is 84.5 Å². The Bertz CT molecular complexity index is 1390. The number of hydrogen-bond acceptors (Lipinski definition) is 6. The molecule has 2 aliphatic carbocycles. The number of benzene rings is 2. The standard InChI is InChI=1S/C38H50O6Si/c1-26-18-21-33-37(6,31(26)20-19-30-32(40)24-42-35(30)41)23-22-34(44-27(2)39)38(33,7)25-43-45(36(3,4)5,28-14-10-8-11-15-28)29-16-12-9-13-17-29/h8-17,19,31-34,40H,1,18,20-25H2,2-7H3/b30-19+/t31-,32-,33+,34-,37+,38+/m1/s1. The molecule has 2 saturated carbocycles. The zero-order valence-electron chi connectivity index (χ0n) is 27.8. The molecule has 1 saturated heterocycles. The van der Waals surface area contributed by atoms with Gasteiger partial charge >= 0.3 is 11.9 Å². The number of cyclic esters (lactones) is 1. The zero-order chi connectivity index (χ0) is 32.6. The molecule has 0 spiro atoms. The van der Waals surface area contributed by atoms with Crippen LogP contribution in [0.15, 0.2) is 84.5 Å². The van der Waals surface area contributed by atoms with Gasteiger partial charge in [0.2, 0.25) is 0 Å². The van der Waals surface area contributed by atoms with Crippen molar-refractivity contribution in [2.45, 2.75) is 90.9 Å². The Morgan fingerprint density at radius 2 is 1.67 bits per heavy atom. The third-order valence-electron chi connectivity index (χ3n) is 11.2. The van der Waals surface area contributed by atoms with Crippen LogP contribution in [0.5, 0.6) is 0 Å². The highest BCUT2D eigenvalue weighted by molar-refractivity contribution is 6.99. The molecule has 3 fully saturated rings. The topological polar surface area (TPSA) is 82.1 Å². The summed E-state index contributed by atoms with van der Waals surface area (Å²) in [5.41, 5.74) is 0.886. The van der Waals surface area contributed by atoms with Crippen molar-refractivity contribution in [3.8, 4) is 0 Å². The number of carbonyl (C=O) groups is 2. The highest BCUT2D eigenvalue weighted by Gasteiger charge is 2.60. The van der Waals surface area contributed by atoms with Crippen LogP contribution in [0.25, 0.3) is 0 Å². The molecule has 0 bridgehead atoms. The summed E-state index contributed by atoms with van der Waals surface area (Å²) >= 11 is 0. The number of rotatable bonds is 8. The van der Waals surface area contributed by atoms with Crippen molar-refractivity contribution in [2.24, 2.45) is 22.7 Å². The van der Waals surface area contributed by atoms with E-state index in [-0.39, 0.29) is 41.0 Å². The summed E-state index contributed by atoms with van der Waals surface area (Å²) in [6.45, 7) is 17.9. The summed E-state index contributed by atoms with van der Waals surface area (Å²) in [5, 5.41) is 12.6. The molecule has 6 nitrogen and oxygen atoms in total. The second-order valence-electron chi connectivity index (χ2n) is 14.9. The third kappa shape index (κ3) is 5.99. The molecular formula is C38H50O6Si. The number of hydrogen-bond donors (Lipinski definition) is 1. The van der Waals surface area contributed by atoms with E-state index >= 15 is 0 Å². The third-order valence-corrected chi connectivity index (χ3v) is 16.2. The van der Waals surface area contributed by atoms with E-state index in [1.165, 1.54) is 22.9 Å². The van der Waals surface area contributed by atoms with E-state index in [1.807, 2.05) is 6.08 Å². The monoisotopic (exact) mass is 630 g/mol. The van der Waals surface area contributed by atoms with E-state index in [1.54, 1.807) is 0 Å². The van der Waals surface area contributed by atoms with Crippen LogP contribution in [0.2, 0.25) is 5.04 Å². The predicted molar refractivity (Wildman–Crippen MR) is 180 cm³/mol. The van der Waals surface area contributed by atoms with Gasteiger partial charge in [0.25, 0.3) is 8.32 Å². The van der Waals surface area contributed by atoms with Crippen LogP contribution >= 0.6 is 0 Å². The second-order valence-corrected chi connectivity index (χ2v) is 19.2. The first-order valence-corrected chi connectivity index (χ1v) is 18.3. The van der Waals surface area contributed by atoms with Crippen LogP contribution in [0, 0.1) is 22.7 Å². The van der Waals surface area contributed by atoms with Gasteiger partial charge in [-0.05, 0) is 64.8 Å². The van der Waals surface area contributed by atoms with Gasteiger partial charge < -0.3 is 19.0 Å². The van der Waals surface area contributed by atoms with E-state index in [9.17, 15) is 14.7 Å². The highest BCUT2D eigenvalue weighted by atomic mass is 28.4. The maximum absolute atomic E-state index is 12.5. The molecular weight excluding hydrogens is 580 g/mol. The van der Waals surface area contributed by atoms with Crippen molar-refractivity contribution in [3.63, 3.8) is 0 Å². The molecule has 0 amide bonds. The van der Waals surface area contributed by atoms with Crippen LogP contribution in [0.1, 0.15) is 73.6 Å². The fourth-order valence-corrected chi connectivity index (χ4v) is 13.6. The lowest BCUT2D eigenvalue weighted by molar-refractivity contribution is -0.183. The van der Waals surface area contributed by atoms with E-state index in [0.29, 0.717) is 18.6 Å². The quantitative estimate of drug-likeness (QED) is 0.164. The lowest BCUT2D eigenvalue weighted by Gasteiger charge is -2.61. The van der Waals surface area contributed by atoms with Crippen LogP contribution in [0.4, 0.5) is 0 Å². The predicted octanol–water partition coefficient (Wildman–Crippen LogP) is 6.12. The first-order chi connectivity index (χ1) is 21.2. The van der Waals surface area contributed by atoms with Crippen molar-refractivity contribution in [2.75, 3.05) is 13.2 Å². The minimum Gasteiger partial charge on any atom is -0.462 e. The maximum Gasteiger partial charge on any atom is 0.336 e. The zero-order valence-corrected chi connectivity index (χ0v) is 28.8. The first kappa shape index (κ1) is 33.4. The van der Waals surface area contributed by atoms with Gasteiger partial charge in [-0.1, -0.05) is 114 Å². The summed E-state index contributed by atoms with van der Waals surface area (Å²) in [4.78, 5) is 24.8. The number of allylic oxidation sites excluding steroid dienone is 2. The number of aliphatic hydroxyl groups excluding tert-OH is 1. The fraction of sp³-hybridized carbons (Fsp3) is 0.526. The van der Waals surface area contributed by atoms with E-state index in [0.717, 1.165) is 25.7 Å². The SMILES string of the molecule is C=C1CC[C@@H]2[C@](C)(CO[Si](c3ccccc3)(c3ccccc3)C(C)(C)C)[C@H](OC(C)=O)CC[C@@]2(C)[C@@H]1C/C=C1/C(=O)OC[C@H]1O. The molecule has 1 heterocycles. The minimum atomic E-state index is -2.86. The Hall–Kier alpha value is -3.00. The molecule has 45 heavy (non-hydrogen) atoms. The number of carbonyl (C=O) groups excluding carboxylic acids is 2. The van der Waals surface area contributed by atoms with Crippen LogP contribution in [0.3, 0.4) is 0 Å². The maximum atomic E-state index is 12.5. The average Bonchev–Trinajstić information content (AvgIpc) is 3.31. The molecule has 7 heteroatoms. The molecule has 242 valence electrons. The molecule has 6 atom stereocenters. The summed E-state index contributed by atoms with van der Waals surface area (Å²) in [7, 11) is -2.86. The molecule has 0 unspecified atom stereocenters. The number of esters is 2. The Balaban J connectivity index is 1.57. The normalized spacial score (nSPS) is 31.4. The van der Waals surface area contributed by atoms with Gasteiger partial charge in [0, 0.05) is 18.9 Å². The summed E-state index contributed by atoms with van der Waals surface area (Å²) in [6.07, 6.45) is 4.66. The van der Waals surface area contributed by atoms with E-state index in [2.05, 4.69) is 102 Å². The molecule has 2 aromatic rings. The Labute approximate surface area is 270 Å². The average molecular weight is 631 g/mol. The van der Waals surface area contributed by atoms with Gasteiger partial charge in [0.15, 0.2) is 0 Å². The van der Waals surface area contributed by atoms with Crippen LogP contribution < -0.4 is 10.4 Å². The largest absolute Gasteiger partial charge is 0.462 e. The summed E-state index contributed by atoms with van der Waals surface area (Å²) in [6, 6.07) is 21.3. The molecule has 5 rings (SSSR count). The molecule has 1 aliphatic heterocycles. The Morgan fingerprint density at radius 1 is 1.07 bits per heavy atom. The summed E-state index contributed by atoms with van der Waals surface area (Å²) in [5.74, 6) is -0.422. The fourth-order valence-electron chi connectivity index (χ4n) is 8.95. The van der Waals surface area contributed by atoms with Crippen LogP contribution in [-0.4, -0.2) is 50.8 Å². The molecule has 2 aromatic carbocycles. The molecule has 3 aliphatic rings.